The number of hydrogen-bond acceptors (Lipinski definition) is 0. The van der Waals surface area contributed by atoms with E-state index in [0.717, 1.165) is 5.41 Å². The van der Waals surface area contributed by atoms with Gasteiger partial charge in [0.1, 0.15) is 0 Å². The summed E-state index contributed by atoms with van der Waals surface area (Å²) < 4.78 is 0. The normalized spacial score (nSPS) is 46.3. The fourth-order valence-corrected chi connectivity index (χ4v) is 1.11. The van der Waals surface area contributed by atoms with Crippen LogP contribution in [0.2, 0.25) is 5.82 Å². The molecule has 30 valence electrons. The van der Waals surface area contributed by atoms with E-state index in [1.54, 1.807) is 0 Å². The molecule has 0 heterocycles. The smallest absolute Gasteiger partial charge is 0.0707 e. The summed E-state index contributed by atoms with van der Waals surface area (Å²) in [6.07, 6.45) is 4.18. The molecule has 2 rings (SSSR count). The topological polar surface area (TPSA) is 0 Å². The van der Waals surface area contributed by atoms with Crippen LogP contribution < -0.4 is 0 Å². The van der Waals surface area contributed by atoms with E-state index in [-0.39, 0.29) is 0 Å². The van der Waals surface area contributed by atoms with Crippen molar-refractivity contribution in [2.45, 2.75) is 25.1 Å². The molecule has 0 unspecified atom stereocenters. The highest BCUT2D eigenvalue weighted by molar-refractivity contribution is 6.14. The summed E-state index contributed by atoms with van der Waals surface area (Å²) >= 11 is 0. The van der Waals surface area contributed by atoms with Crippen LogP contribution in [0.3, 0.4) is 0 Å². The predicted molar refractivity (Wildman–Crippen MR) is 25.8 cm³/mol. The first-order valence-corrected chi connectivity index (χ1v) is 2.59. The summed E-state index contributed by atoms with van der Waals surface area (Å²) in [4.78, 5) is 0. The van der Waals surface area contributed by atoms with Crippen molar-refractivity contribution in [3.8, 4) is 0 Å². The van der Waals surface area contributed by atoms with E-state index in [1.165, 1.54) is 19.3 Å². The molecule has 1 heteroatoms. The molecule has 0 aliphatic heterocycles. The minimum Gasteiger partial charge on any atom is -0.0713 e. The average molecular weight is 77.9 g/mol. The quantitative estimate of drug-likeness (QED) is 0.381. The SMILES string of the molecule is [B][C@@H]1CC12CC2. The second-order valence-corrected chi connectivity index (χ2v) is 2.67. The minimum atomic E-state index is 0.609. The molecular formula is C5H7B. The maximum atomic E-state index is 5.56. The molecule has 0 N–H and O–H groups in total. The summed E-state index contributed by atoms with van der Waals surface area (Å²) in [7, 11) is 5.56. The van der Waals surface area contributed by atoms with Gasteiger partial charge in [0.15, 0.2) is 0 Å². The fourth-order valence-electron chi connectivity index (χ4n) is 1.11. The lowest BCUT2D eigenvalue weighted by Gasteiger charge is -1.71. The molecule has 2 aliphatic carbocycles. The van der Waals surface area contributed by atoms with E-state index < -0.39 is 0 Å². The molecule has 2 radical (unpaired) electrons. The van der Waals surface area contributed by atoms with Crippen molar-refractivity contribution in [2.75, 3.05) is 0 Å². The lowest BCUT2D eigenvalue weighted by atomic mass is 10.00. The van der Waals surface area contributed by atoms with E-state index in [9.17, 15) is 0 Å². The van der Waals surface area contributed by atoms with Gasteiger partial charge in [-0.05, 0) is 18.3 Å². The Morgan fingerprint density at radius 3 is 2.00 bits per heavy atom. The highest BCUT2D eigenvalue weighted by Gasteiger charge is 2.59. The maximum Gasteiger partial charge on any atom is 0.0707 e. The molecule has 1 atom stereocenters. The van der Waals surface area contributed by atoms with E-state index in [2.05, 4.69) is 0 Å². The van der Waals surface area contributed by atoms with Crippen molar-refractivity contribution in [2.24, 2.45) is 5.41 Å². The lowest BCUT2D eigenvalue weighted by Crippen LogP contribution is -1.65. The van der Waals surface area contributed by atoms with Gasteiger partial charge in [-0.3, -0.25) is 0 Å². The highest BCUT2D eigenvalue weighted by atomic mass is 14.6. The van der Waals surface area contributed by atoms with Gasteiger partial charge in [-0.1, -0.05) is 12.2 Å². The Kier molecular flexibility index (Phi) is 0.299. The fraction of sp³-hybridized carbons (Fsp3) is 1.00. The van der Waals surface area contributed by atoms with Gasteiger partial charge in [0.2, 0.25) is 0 Å². The Bertz CT molecular complexity index is 83.9. The Labute approximate surface area is 39.3 Å². The van der Waals surface area contributed by atoms with Gasteiger partial charge in [0.05, 0.1) is 7.85 Å². The molecule has 0 saturated heterocycles. The summed E-state index contributed by atoms with van der Waals surface area (Å²) in [5.41, 5.74) is 0.736. The zero-order valence-electron chi connectivity index (χ0n) is 3.78. The van der Waals surface area contributed by atoms with E-state index in [0.29, 0.717) is 5.82 Å². The van der Waals surface area contributed by atoms with Crippen LogP contribution in [0.25, 0.3) is 0 Å². The van der Waals surface area contributed by atoms with Gasteiger partial charge in [-0.15, -0.1) is 0 Å². The standard InChI is InChI=1S/C5H7B/c6-4-3-5(4)1-2-5/h4H,1-3H2/t4-/m1/s1. The third kappa shape index (κ3) is 0.193. The van der Waals surface area contributed by atoms with E-state index in [4.69, 9.17) is 7.85 Å². The van der Waals surface area contributed by atoms with Crippen molar-refractivity contribution in [3.63, 3.8) is 0 Å². The maximum absolute atomic E-state index is 5.56. The summed E-state index contributed by atoms with van der Waals surface area (Å²) in [5, 5.41) is 0. The monoisotopic (exact) mass is 78.1 g/mol. The van der Waals surface area contributed by atoms with Crippen LogP contribution in [0.1, 0.15) is 19.3 Å². The third-order valence-electron chi connectivity index (χ3n) is 2.15. The Hall–Kier alpha value is 0.0649. The van der Waals surface area contributed by atoms with Crippen LogP contribution in [-0.2, 0) is 0 Å². The van der Waals surface area contributed by atoms with Crippen LogP contribution in [-0.4, -0.2) is 7.85 Å². The molecular weight excluding hydrogens is 70.9 g/mol. The first-order chi connectivity index (χ1) is 2.83. The zero-order chi connectivity index (χ0) is 4.20. The first kappa shape index (κ1) is 3.12. The van der Waals surface area contributed by atoms with Gasteiger partial charge in [0, 0.05) is 0 Å². The van der Waals surface area contributed by atoms with Gasteiger partial charge in [-0.25, -0.2) is 0 Å². The van der Waals surface area contributed by atoms with Gasteiger partial charge >= 0.3 is 0 Å². The zero-order valence-corrected chi connectivity index (χ0v) is 3.78. The number of rotatable bonds is 0. The second-order valence-electron chi connectivity index (χ2n) is 2.67. The molecule has 2 fully saturated rings. The molecule has 0 nitrogen and oxygen atoms in total. The molecule has 0 aromatic heterocycles. The largest absolute Gasteiger partial charge is 0.0713 e. The molecule has 2 aliphatic rings. The second kappa shape index (κ2) is 0.575. The van der Waals surface area contributed by atoms with E-state index in [1.807, 2.05) is 0 Å². The van der Waals surface area contributed by atoms with Crippen molar-refractivity contribution in [1.29, 1.82) is 0 Å². The van der Waals surface area contributed by atoms with Crippen LogP contribution in [0.5, 0.6) is 0 Å². The van der Waals surface area contributed by atoms with Crippen LogP contribution in [0.15, 0.2) is 0 Å². The highest BCUT2D eigenvalue weighted by Crippen LogP contribution is 2.73. The van der Waals surface area contributed by atoms with Crippen molar-refractivity contribution >= 4 is 7.85 Å². The number of hydrogen-bond donors (Lipinski definition) is 0. The molecule has 1 spiro atoms. The summed E-state index contributed by atoms with van der Waals surface area (Å²) in [6, 6.07) is 0. The molecule has 2 saturated carbocycles. The third-order valence-corrected chi connectivity index (χ3v) is 2.15. The van der Waals surface area contributed by atoms with Gasteiger partial charge in [-0.2, -0.15) is 0 Å². The summed E-state index contributed by atoms with van der Waals surface area (Å²) in [6.45, 7) is 0. The Morgan fingerprint density at radius 1 is 1.50 bits per heavy atom. The van der Waals surface area contributed by atoms with E-state index >= 15 is 0 Å². The van der Waals surface area contributed by atoms with Crippen molar-refractivity contribution in [1.82, 2.24) is 0 Å². The van der Waals surface area contributed by atoms with Gasteiger partial charge in [0.25, 0.3) is 0 Å². The molecule has 6 heavy (non-hydrogen) atoms. The predicted octanol–water partition coefficient (Wildman–Crippen LogP) is 1.13. The average Bonchev–Trinajstić information content (AvgIpc) is 2.25. The van der Waals surface area contributed by atoms with Crippen LogP contribution in [0.4, 0.5) is 0 Å². The minimum absolute atomic E-state index is 0.609. The molecule has 0 amide bonds. The first-order valence-electron chi connectivity index (χ1n) is 2.59. The molecule has 0 aromatic rings. The lowest BCUT2D eigenvalue weighted by molar-refractivity contribution is 0.897. The van der Waals surface area contributed by atoms with Crippen molar-refractivity contribution in [3.05, 3.63) is 0 Å². The molecule has 0 bridgehead atoms. The summed E-state index contributed by atoms with van der Waals surface area (Å²) in [5.74, 6) is 0.609. The van der Waals surface area contributed by atoms with Crippen LogP contribution in [0, 0.1) is 5.41 Å². The Morgan fingerprint density at radius 2 is 2.00 bits per heavy atom. The van der Waals surface area contributed by atoms with Gasteiger partial charge < -0.3 is 0 Å². The van der Waals surface area contributed by atoms with Crippen LogP contribution >= 0.6 is 0 Å². The van der Waals surface area contributed by atoms with Crippen molar-refractivity contribution < 1.29 is 0 Å². The molecule has 0 aromatic carbocycles. The Balaban J connectivity index is 2.17.